The highest BCUT2D eigenvalue weighted by molar-refractivity contribution is 9.10. The number of methoxy groups -OCH3 is 2. The zero-order valence-corrected chi connectivity index (χ0v) is 12.4. The zero-order valence-electron chi connectivity index (χ0n) is 10.9. The molecule has 1 aromatic heterocycles. The molecule has 2 rings (SSSR count). The first-order valence-electron chi connectivity index (χ1n) is 5.85. The van der Waals surface area contributed by atoms with Gasteiger partial charge < -0.3 is 19.6 Å². The van der Waals surface area contributed by atoms with Crippen LogP contribution in [0.25, 0.3) is 0 Å². The summed E-state index contributed by atoms with van der Waals surface area (Å²) in [6.07, 6.45) is 2.28. The van der Waals surface area contributed by atoms with Crippen molar-refractivity contribution in [2.24, 2.45) is 5.73 Å². The number of nitrogens with two attached hydrogens (primary N) is 1. The van der Waals surface area contributed by atoms with Crippen LogP contribution in [0.4, 0.5) is 0 Å². The van der Waals surface area contributed by atoms with Crippen molar-refractivity contribution < 1.29 is 13.9 Å². The first-order chi connectivity index (χ1) is 9.15. The molecule has 0 saturated heterocycles. The molecule has 102 valence electrons. The highest BCUT2D eigenvalue weighted by atomic mass is 79.9. The Hall–Kier alpha value is -1.46. The van der Waals surface area contributed by atoms with E-state index in [0.717, 1.165) is 15.8 Å². The minimum Gasteiger partial charge on any atom is -0.493 e. The zero-order chi connectivity index (χ0) is 13.8. The summed E-state index contributed by atoms with van der Waals surface area (Å²) in [7, 11) is 3.23. The Labute approximate surface area is 120 Å². The van der Waals surface area contributed by atoms with Crippen LogP contribution in [0.2, 0.25) is 0 Å². The molecule has 1 heterocycles. The lowest BCUT2D eigenvalue weighted by Crippen LogP contribution is -2.13. The van der Waals surface area contributed by atoms with E-state index in [0.29, 0.717) is 17.9 Å². The van der Waals surface area contributed by atoms with Gasteiger partial charge >= 0.3 is 0 Å². The van der Waals surface area contributed by atoms with E-state index in [4.69, 9.17) is 19.6 Å². The maximum absolute atomic E-state index is 6.14. The van der Waals surface area contributed by atoms with E-state index in [-0.39, 0.29) is 6.04 Å². The predicted molar refractivity (Wildman–Crippen MR) is 76.6 cm³/mol. The Bertz CT molecular complexity index is 553. The van der Waals surface area contributed by atoms with Crippen molar-refractivity contribution in [1.29, 1.82) is 0 Å². The molecule has 1 atom stereocenters. The summed E-state index contributed by atoms with van der Waals surface area (Å²) in [4.78, 5) is 0. The largest absolute Gasteiger partial charge is 0.493 e. The predicted octanol–water partition coefficient (Wildman–Crippen LogP) is 3.30. The summed E-state index contributed by atoms with van der Waals surface area (Å²) < 4.78 is 16.7. The van der Waals surface area contributed by atoms with Crippen molar-refractivity contribution in [1.82, 2.24) is 0 Å². The molecule has 2 aromatic rings. The van der Waals surface area contributed by atoms with Gasteiger partial charge in [-0.25, -0.2) is 0 Å². The Kier molecular flexibility index (Phi) is 4.50. The second-order valence-electron chi connectivity index (χ2n) is 4.13. The lowest BCUT2D eigenvalue weighted by Gasteiger charge is -2.12. The van der Waals surface area contributed by atoms with Gasteiger partial charge in [-0.15, -0.1) is 0 Å². The molecule has 0 aliphatic heterocycles. The lowest BCUT2D eigenvalue weighted by molar-refractivity contribution is 0.354. The molecule has 4 nitrogen and oxygen atoms in total. The van der Waals surface area contributed by atoms with Crippen molar-refractivity contribution in [2.75, 3.05) is 14.2 Å². The Morgan fingerprint density at radius 2 is 1.95 bits per heavy atom. The topological polar surface area (TPSA) is 57.6 Å². The molecule has 0 amide bonds. The summed E-state index contributed by atoms with van der Waals surface area (Å²) in [5.41, 5.74) is 7.20. The SMILES string of the molecule is COc1ccc(CC(N)c2occc2Br)cc1OC. The maximum Gasteiger partial charge on any atom is 0.160 e. The average molecular weight is 326 g/mol. The number of rotatable bonds is 5. The van der Waals surface area contributed by atoms with Crippen LogP contribution in [0, 0.1) is 0 Å². The number of ether oxygens (including phenoxy) is 2. The lowest BCUT2D eigenvalue weighted by atomic mass is 10.0. The van der Waals surface area contributed by atoms with Crippen LogP contribution in [-0.4, -0.2) is 14.2 Å². The Morgan fingerprint density at radius 3 is 2.53 bits per heavy atom. The molecular formula is C14H16BrNO3. The number of hydrogen-bond acceptors (Lipinski definition) is 4. The van der Waals surface area contributed by atoms with Gasteiger partial charge in [-0.2, -0.15) is 0 Å². The van der Waals surface area contributed by atoms with Crippen LogP contribution >= 0.6 is 15.9 Å². The first kappa shape index (κ1) is 14.0. The average Bonchev–Trinajstić information content (AvgIpc) is 2.85. The third kappa shape index (κ3) is 3.11. The number of furan rings is 1. The molecule has 2 N–H and O–H groups in total. The van der Waals surface area contributed by atoms with Crippen molar-refractivity contribution in [3.63, 3.8) is 0 Å². The highest BCUT2D eigenvalue weighted by Crippen LogP contribution is 2.30. The number of hydrogen-bond donors (Lipinski definition) is 1. The molecule has 19 heavy (non-hydrogen) atoms. The third-order valence-electron chi connectivity index (χ3n) is 2.89. The molecule has 1 aromatic carbocycles. The van der Waals surface area contributed by atoms with Crippen LogP contribution in [0.15, 0.2) is 39.4 Å². The van der Waals surface area contributed by atoms with Crippen molar-refractivity contribution in [3.05, 3.63) is 46.3 Å². The van der Waals surface area contributed by atoms with Gasteiger partial charge in [-0.05, 0) is 46.1 Å². The van der Waals surface area contributed by atoms with Gasteiger partial charge in [0.15, 0.2) is 11.5 Å². The second kappa shape index (κ2) is 6.12. The number of benzene rings is 1. The van der Waals surface area contributed by atoms with Gasteiger partial charge in [0.25, 0.3) is 0 Å². The molecule has 1 unspecified atom stereocenters. The van der Waals surface area contributed by atoms with Gasteiger partial charge in [-0.3, -0.25) is 0 Å². The monoisotopic (exact) mass is 325 g/mol. The van der Waals surface area contributed by atoms with E-state index >= 15 is 0 Å². The summed E-state index contributed by atoms with van der Waals surface area (Å²) in [5.74, 6) is 2.15. The van der Waals surface area contributed by atoms with Gasteiger partial charge in [0.1, 0.15) is 5.76 Å². The third-order valence-corrected chi connectivity index (χ3v) is 3.54. The second-order valence-corrected chi connectivity index (χ2v) is 4.99. The molecule has 0 spiro atoms. The van der Waals surface area contributed by atoms with E-state index in [1.54, 1.807) is 20.5 Å². The molecule has 0 fully saturated rings. The van der Waals surface area contributed by atoms with Crippen LogP contribution in [0.1, 0.15) is 17.4 Å². The molecule has 0 radical (unpaired) electrons. The molecule has 0 aliphatic carbocycles. The van der Waals surface area contributed by atoms with Crippen molar-refractivity contribution in [2.45, 2.75) is 12.5 Å². The van der Waals surface area contributed by atoms with E-state index in [1.807, 2.05) is 24.3 Å². The molecule has 0 saturated carbocycles. The minimum atomic E-state index is -0.206. The minimum absolute atomic E-state index is 0.206. The standard InChI is InChI=1S/C14H16BrNO3/c1-17-12-4-3-9(8-13(12)18-2)7-11(16)14-10(15)5-6-19-14/h3-6,8,11H,7,16H2,1-2H3. The van der Waals surface area contributed by atoms with Gasteiger partial charge in [-0.1, -0.05) is 6.07 Å². The van der Waals surface area contributed by atoms with Crippen molar-refractivity contribution in [3.8, 4) is 11.5 Å². The maximum atomic E-state index is 6.14. The summed E-state index contributed by atoms with van der Waals surface area (Å²) >= 11 is 3.41. The number of halogens is 1. The van der Waals surface area contributed by atoms with E-state index in [2.05, 4.69) is 15.9 Å². The van der Waals surface area contributed by atoms with Crippen LogP contribution in [0.5, 0.6) is 11.5 Å². The normalized spacial score (nSPS) is 12.2. The summed E-state index contributed by atoms with van der Waals surface area (Å²) in [5, 5.41) is 0. The van der Waals surface area contributed by atoms with E-state index in [1.165, 1.54) is 0 Å². The summed E-state index contributed by atoms with van der Waals surface area (Å²) in [6.45, 7) is 0. The molecular weight excluding hydrogens is 310 g/mol. The Morgan fingerprint density at radius 1 is 1.21 bits per heavy atom. The van der Waals surface area contributed by atoms with Crippen LogP contribution < -0.4 is 15.2 Å². The van der Waals surface area contributed by atoms with Gasteiger partial charge in [0.2, 0.25) is 0 Å². The Balaban J connectivity index is 2.17. The van der Waals surface area contributed by atoms with Crippen LogP contribution in [-0.2, 0) is 6.42 Å². The molecule has 0 bridgehead atoms. The smallest absolute Gasteiger partial charge is 0.160 e. The van der Waals surface area contributed by atoms with Crippen molar-refractivity contribution >= 4 is 15.9 Å². The fourth-order valence-electron chi connectivity index (χ4n) is 1.92. The van der Waals surface area contributed by atoms with E-state index in [9.17, 15) is 0 Å². The summed E-state index contributed by atoms with van der Waals surface area (Å²) in [6, 6.07) is 7.40. The molecule has 5 heteroatoms. The quantitative estimate of drug-likeness (QED) is 0.916. The fraction of sp³-hybridized carbons (Fsp3) is 0.286. The van der Waals surface area contributed by atoms with Gasteiger partial charge in [0.05, 0.1) is 31.0 Å². The highest BCUT2D eigenvalue weighted by Gasteiger charge is 2.15. The first-order valence-corrected chi connectivity index (χ1v) is 6.64. The fourth-order valence-corrected chi connectivity index (χ4v) is 2.42. The van der Waals surface area contributed by atoms with Gasteiger partial charge in [0, 0.05) is 0 Å². The van der Waals surface area contributed by atoms with E-state index < -0.39 is 0 Å². The molecule has 0 aliphatic rings. The van der Waals surface area contributed by atoms with Crippen LogP contribution in [0.3, 0.4) is 0 Å².